The summed E-state index contributed by atoms with van der Waals surface area (Å²) in [5.41, 5.74) is 3.98. The zero-order chi connectivity index (χ0) is 20.4. The normalized spacial score (nSPS) is 15.2. The molecule has 0 N–H and O–H groups in total. The second-order valence-electron chi connectivity index (χ2n) is 7.13. The molecule has 0 bridgehead atoms. The van der Waals surface area contributed by atoms with Crippen LogP contribution in [0.4, 0.5) is 0 Å². The first-order valence-corrected chi connectivity index (χ1v) is 10.0. The molecule has 1 aliphatic rings. The van der Waals surface area contributed by atoms with Crippen molar-refractivity contribution < 1.29 is 18.7 Å². The van der Waals surface area contributed by atoms with Crippen LogP contribution in [0.25, 0.3) is 11.5 Å². The fourth-order valence-corrected chi connectivity index (χ4v) is 3.83. The molecule has 0 aliphatic heterocycles. The lowest BCUT2D eigenvalue weighted by atomic mass is 10.1. The highest BCUT2D eigenvalue weighted by atomic mass is 35.5. The Balaban J connectivity index is 1.38. The van der Waals surface area contributed by atoms with Crippen LogP contribution in [-0.2, 0) is 22.4 Å². The molecule has 1 heterocycles. The number of ether oxygens (including phenoxy) is 2. The summed E-state index contributed by atoms with van der Waals surface area (Å²) in [4.78, 5) is 15.8. The van der Waals surface area contributed by atoms with Gasteiger partial charge in [0.2, 0.25) is 5.89 Å². The van der Waals surface area contributed by atoms with E-state index < -0.39 is 0 Å². The number of rotatable bonds is 6. The summed E-state index contributed by atoms with van der Waals surface area (Å²) in [7, 11) is 0. The molecule has 0 amide bonds. The van der Waals surface area contributed by atoms with E-state index in [0.29, 0.717) is 23.9 Å². The molecule has 150 valence electrons. The van der Waals surface area contributed by atoms with Crippen molar-refractivity contribution >= 4 is 17.6 Å². The summed E-state index contributed by atoms with van der Waals surface area (Å²) in [5.74, 6) is 1.91. The van der Waals surface area contributed by atoms with Crippen LogP contribution in [0.3, 0.4) is 0 Å². The minimum absolute atomic E-state index is 0.140. The molecule has 3 aromatic rings. The Kier molecular flexibility index (Phi) is 5.58. The van der Waals surface area contributed by atoms with Gasteiger partial charge in [0.1, 0.15) is 17.6 Å². The fourth-order valence-electron chi connectivity index (χ4n) is 3.64. The summed E-state index contributed by atoms with van der Waals surface area (Å²) >= 11 is 6.05. The first-order valence-electron chi connectivity index (χ1n) is 9.64. The first kappa shape index (κ1) is 19.5. The van der Waals surface area contributed by atoms with E-state index in [4.69, 9.17) is 25.5 Å². The number of nitrogens with zero attached hydrogens (tertiary/aromatic N) is 1. The summed E-state index contributed by atoms with van der Waals surface area (Å²) < 4.78 is 17.1. The van der Waals surface area contributed by atoms with Crippen molar-refractivity contribution in [2.24, 2.45) is 0 Å². The highest BCUT2D eigenvalue weighted by Crippen LogP contribution is 2.36. The number of oxazole rings is 1. The van der Waals surface area contributed by atoms with Gasteiger partial charge >= 0.3 is 5.97 Å². The van der Waals surface area contributed by atoms with E-state index in [1.54, 1.807) is 0 Å². The molecule has 1 aliphatic carbocycles. The Morgan fingerprint density at radius 3 is 2.93 bits per heavy atom. The van der Waals surface area contributed by atoms with Gasteiger partial charge in [-0.25, -0.2) is 4.98 Å². The Morgan fingerprint density at radius 2 is 2.14 bits per heavy atom. The average Bonchev–Trinajstić information content (AvgIpc) is 3.25. The third-order valence-electron chi connectivity index (χ3n) is 5.02. The minimum Gasteiger partial charge on any atom is -0.493 e. The van der Waals surface area contributed by atoms with E-state index in [1.807, 2.05) is 49.4 Å². The van der Waals surface area contributed by atoms with Crippen molar-refractivity contribution in [1.29, 1.82) is 0 Å². The van der Waals surface area contributed by atoms with E-state index in [0.717, 1.165) is 41.2 Å². The zero-order valence-corrected chi connectivity index (χ0v) is 17.2. The SMILES string of the molecule is CC(=O)OC1CCc2cc(OCCc3nc(-c4cccc(Cl)c4)oc3C)ccc21. The predicted octanol–water partition coefficient (Wildman–Crippen LogP) is 5.48. The van der Waals surface area contributed by atoms with Gasteiger partial charge in [0.05, 0.1) is 12.3 Å². The van der Waals surface area contributed by atoms with Crippen LogP contribution in [0.5, 0.6) is 5.75 Å². The molecule has 2 aromatic carbocycles. The maximum Gasteiger partial charge on any atom is 0.303 e. The molecule has 5 nitrogen and oxygen atoms in total. The van der Waals surface area contributed by atoms with Crippen LogP contribution < -0.4 is 4.74 Å². The molecule has 0 saturated heterocycles. The van der Waals surface area contributed by atoms with Gasteiger partial charge in [0, 0.05) is 23.9 Å². The van der Waals surface area contributed by atoms with E-state index >= 15 is 0 Å². The molecule has 1 aromatic heterocycles. The summed E-state index contributed by atoms with van der Waals surface area (Å²) in [5, 5.41) is 0.649. The standard InChI is InChI=1S/C23H22ClNO4/c1-14-21(25-23(28-14)17-4-3-5-18(24)12-17)10-11-27-19-7-8-20-16(13-19)6-9-22(20)29-15(2)26/h3-5,7-8,12-13,22H,6,9-11H2,1-2H3. The van der Waals surface area contributed by atoms with Crippen molar-refractivity contribution in [3.05, 3.63) is 70.1 Å². The summed E-state index contributed by atoms with van der Waals surface area (Å²) in [6.45, 7) is 3.84. The van der Waals surface area contributed by atoms with Gasteiger partial charge in [-0.1, -0.05) is 23.7 Å². The van der Waals surface area contributed by atoms with Crippen molar-refractivity contribution in [2.75, 3.05) is 6.61 Å². The number of hydrogen-bond donors (Lipinski definition) is 0. The van der Waals surface area contributed by atoms with E-state index in [-0.39, 0.29) is 12.1 Å². The molecule has 0 radical (unpaired) electrons. The lowest BCUT2D eigenvalue weighted by Crippen LogP contribution is -2.05. The van der Waals surface area contributed by atoms with Gasteiger partial charge in [-0.3, -0.25) is 4.79 Å². The monoisotopic (exact) mass is 411 g/mol. The van der Waals surface area contributed by atoms with Crippen molar-refractivity contribution in [3.8, 4) is 17.2 Å². The largest absolute Gasteiger partial charge is 0.493 e. The second kappa shape index (κ2) is 8.29. The smallest absolute Gasteiger partial charge is 0.303 e. The lowest BCUT2D eigenvalue weighted by Gasteiger charge is -2.12. The Labute approximate surface area is 174 Å². The second-order valence-corrected chi connectivity index (χ2v) is 7.56. The Hall–Kier alpha value is -2.79. The molecule has 0 spiro atoms. The van der Waals surface area contributed by atoms with Gasteiger partial charge in [-0.05, 0) is 61.2 Å². The maximum atomic E-state index is 11.2. The molecule has 1 atom stereocenters. The highest BCUT2D eigenvalue weighted by Gasteiger charge is 2.25. The molecule has 29 heavy (non-hydrogen) atoms. The number of carbonyl (C=O) groups excluding carboxylic acids is 1. The maximum absolute atomic E-state index is 11.2. The molecule has 0 fully saturated rings. The minimum atomic E-state index is -0.247. The van der Waals surface area contributed by atoms with Crippen LogP contribution >= 0.6 is 11.6 Å². The molecule has 6 heteroatoms. The number of carbonyl (C=O) groups is 1. The van der Waals surface area contributed by atoms with Crippen molar-refractivity contribution in [3.63, 3.8) is 0 Å². The Morgan fingerprint density at radius 1 is 1.28 bits per heavy atom. The lowest BCUT2D eigenvalue weighted by molar-refractivity contribution is -0.146. The quantitative estimate of drug-likeness (QED) is 0.503. The number of aromatic nitrogens is 1. The zero-order valence-electron chi connectivity index (χ0n) is 16.4. The van der Waals surface area contributed by atoms with Crippen LogP contribution in [0.1, 0.15) is 42.0 Å². The van der Waals surface area contributed by atoms with Gasteiger partial charge in [-0.15, -0.1) is 0 Å². The number of fused-ring (bicyclic) bond motifs is 1. The Bertz CT molecular complexity index is 1040. The van der Waals surface area contributed by atoms with Crippen LogP contribution in [-0.4, -0.2) is 17.6 Å². The van der Waals surface area contributed by atoms with Gasteiger partial charge in [0.15, 0.2) is 0 Å². The molecule has 1 unspecified atom stereocenters. The predicted molar refractivity (Wildman–Crippen MR) is 110 cm³/mol. The highest BCUT2D eigenvalue weighted by molar-refractivity contribution is 6.30. The number of halogens is 1. The third kappa shape index (κ3) is 4.46. The number of benzene rings is 2. The number of aryl methyl sites for hydroxylation is 2. The van der Waals surface area contributed by atoms with E-state index in [2.05, 4.69) is 4.98 Å². The van der Waals surface area contributed by atoms with Crippen LogP contribution in [0, 0.1) is 6.92 Å². The molecule has 4 rings (SSSR count). The summed E-state index contributed by atoms with van der Waals surface area (Å²) in [6, 6.07) is 13.4. The molecular weight excluding hydrogens is 390 g/mol. The molecular formula is C23H22ClNO4. The summed E-state index contributed by atoms with van der Waals surface area (Å²) in [6.07, 6.45) is 2.21. The van der Waals surface area contributed by atoms with Crippen molar-refractivity contribution in [2.45, 2.75) is 39.2 Å². The average molecular weight is 412 g/mol. The topological polar surface area (TPSA) is 61.6 Å². The third-order valence-corrected chi connectivity index (χ3v) is 5.25. The van der Waals surface area contributed by atoms with Crippen LogP contribution in [0.2, 0.25) is 5.02 Å². The van der Waals surface area contributed by atoms with E-state index in [1.165, 1.54) is 12.5 Å². The van der Waals surface area contributed by atoms with Gasteiger partial charge < -0.3 is 13.9 Å². The number of esters is 1. The fraction of sp³-hybridized carbons (Fsp3) is 0.304. The van der Waals surface area contributed by atoms with E-state index in [9.17, 15) is 4.79 Å². The first-order chi connectivity index (χ1) is 14.0. The van der Waals surface area contributed by atoms with Crippen molar-refractivity contribution in [1.82, 2.24) is 4.98 Å². The van der Waals surface area contributed by atoms with Gasteiger partial charge in [0.25, 0.3) is 0 Å². The van der Waals surface area contributed by atoms with Gasteiger partial charge in [-0.2, -0.15) is 0 Å². The van der Waals surface area contributed by atoms with Crippen LogP contribution in [0.15, 0.2) is 46.9 Å². The molecule has 0 saturated carbocycles. The number of hydrogen-bond acceptors (Lipinski definition) is 5.